The Morgan fingerprint density at radius 2 is 1.66 bits per heavy atom. The summed E-state index contributed by atoms with van der Waals surface area (Å²) in [5, 5.41) is 3.30. The van der Waals surface area contributed by atoms with Crippen LogP contribution in [0.3, 0.4) is 0 Å². The minimum atomic E-state index is -0.257. The van der Waals surface area contributed by atoms with Gasteiger partial charge in [0.2, 0.25) is 5.91 Å². The number of piperidine rings is 1. The number of carbonyl (C=O) groups is 1. The molecule has 1 saturated carbocycles. The van der Waals surface area contributed by atoms with Crippen LogP contribution in [-0.4, -0.2) is 35.0 Å². The monoisotopic (exact) mass is 396 g/mol. The van der Waals surface area contributed by atoms with E-state index in [1.807, 2.05) is 6.07 Å². The molecule has 1 aromatic heterocycles. The molecule has 1 N–H and O–H groups in total. The van der Waals surface area contributed by atoms with Crippen molar-refractivity contribution in [3.63, 3.8) is 0 Å². The first kappa shape index (κ1) is 19.8. The quantitative estimate of drug-likeness (QED) is 0.781. The Hall–Kier alpha value is -2.50. The highest BCUT2D eigenvalue weighted by molar-refractivity contribution is 5.79. The number of amides is 1. The van der Waals surface area contributed by atoms with Crippen LogP contribution in [0, 0.1) is 11.7 Å². The second-order valence-electron chi connectivity index (χ2n) is 8.23. The minimum Gasteiger partial charge on any atom is -0.356 e. The Morgan fingerprint density at radius 1 is 0.966 bits per heavy atom. The second-order valence-corrected chi connectivity index (χ2v) is 8.23. The topological polar surface area (TPSA) is 58.1 Å². The zero-order chi connectivity index (χ0) is 20.1. The van der Waals surface area contributed by atoms with E-state index in [2.05, 4.69) is 20.2 Å². The predicted molar refractivity (Wildman–Crippen MR) is 112 cm³/mol. The Morgan fingerprint density at radius 3 is 2.34 bits per heavy atom. The van der Waals surface area contributed by atoms with Crippen molar-refractivity contribution in [3.8, 4) is 11.3 Å². The summed E-state index contributed by atoms with van der Waals surface area (Å²) in [6.45, 7) is 1.62. The molecule has 2 fully saturated rings. The van der Waals surface area contributed by atoms with Crippen molar-refractivity contribution in [2.45, 2.75) is 57.4 Å². The molecule has 1 amide bonds. The van der Waals surface area contributed by atoms with Gasteiger partial charge in [-0.25, -0.2) is 14.4 Å². The maximum absolute atomic E-state index is 13.2. The third kappa shape index (κ3) is 5.11. The lowest BCUT2D eigenvalue weighted by atomic mass is 9.95. The van der Waals surface area contributed by atoms with E-state index in [9.17, 15) is 9.18 Å². The maximum atomic E-state index is 13.2. The summed E-state index contributed by atoms with van der Waals surface area (Å²) < 4.78 is 13.2. The number of hydrogen-bond acceptors (Lipinski definition) is 4. The van der Waals surface area contributed by atoms with Gasteiger partial charge in [0.05, 0.1) is 5.69 Å². The van der Waals surface area contributed by atoms with Gasteiger partial charge in [0.1, 0.15) is 18.0 Å². The molecule has 1 saturated heterocycles. The largest absolute Gasteiger partial charge is 0.356 e. The maximum Gasteiger partial charge on any atom is 0.223 e. The summed E-state index contributed by atoms with van der Waals surface area (Å²) in [6.07, 6.45) is 10.5. The summed E-state index contributed by atoms with van der Waals surface area (Å²) in [5.74, 6) is 0.924. The number of anilines is 1. The van der Waals surface area contributed by atoms with Crippen LogP contribution in [0.15, 0.2) is 36.7 Å². The average molecular weight is 397 g/mol. The summed E-state index contributed by atoms with van der Waals surface area (Å²) in [5.41, 5.74) is 1.65. The lowest BCUT2D eigenvalue weighted by Gasteiger charge is -2.33. The SMILES string of the molecule is O=C(NC1CCCCCC1)C1CCN(c2cc(-c3ccc(F)cc3)ncn2)CC1. The first-order valence-corrected chi connectivity index (χ1v) is 10.8. The minimum absolute atomic E-state index is 0.0907. The highest BCUT2D eigenvalue weighted by Crippen LogP contribution is 2.26. The van der Waals surface area contributed by atoms with E-state index in [-0.39, 0.29) is 17.6 Å². The van der Waals surface area contributed by atoms with Crippen molar-refractivity contribution >= 4 is 11.7 Å². The van der Waals surface area contributed by atoms with Crippen molar-refractivity contribution in [3.05, 3.63) is 42.5 Å². The van der Waals surface area contributed by atoms with Gasteiger partial charge in [0.25, 0.3) is 0 Å². The lowest BCUT2D eigenvalue weighted by molar-refractivity contribution is -0.126. The van der Waals surface area contributed by atoms with Gasteiger partial charge in [-0.2, -0.15) is 0 Å². The Kier molecular flexibility index (Phi) is 6.37. The van der Waals surface area contributed by atoms with E-state index >= 15 is 0 Å². The highest BCUT2D eigenvalue weighted by atomic mass is 19.1. The Bertz CT molecular complexity index is 810. The first-order valence-electron chi connectivity index (χ1n) is 10.8. The number of carbonyl (C=O) groups excluding carboxylic acids is 1. The van der Waals surface area contributed by atoms with Crippen LogP contribution in [0.1, 0.15) is 51.4 Å². The van der Waals surface area contributed by atoms with E-state index in [0.717, 1.165) is 55.8 Å². The van der Waals surface area contributed by atoms with Gasteiger partial charge in [-0.1, -0.05) is 25.7 Å². The number of benzene rings is 1. The molecule has 4 rings (SSSR count). The molecule has 2 heterocycles. The molecule has 1 aromatic carbocycles. The fourth-order valence-corrected chi connectivity index (χ4v) is 4.41. The first-order chi connectivity index (χ1) is 14.2. The molecule has 1 aliphatic heterocycles. The molecule has 2 aliphatic rings. The van der Waals surface area contributed by atoms with Crippen molar-refractivity contribution in [2.75, 3.05) is 18.0 Å². The van der Waals surface area contributed by atoms with Crippen molar-refractivity contribution in [1.82, 2.24) is 15.3 Å². The van der Waals surface area contributed by atoms with Crippen LogP contribution < -0.4 is 10.2 Å². The molecule has 5 nitrogen and oxygen atoms in total. The van der Waals surface area contributed by atoms with Gasteiger partial charge in [0.15, 0.2) is 0 Å². The van der Waals surface area contributed by atoms with Crippen molar-refractivity contribution < 1.29 is 9.18 Å². The molecule has 6 heteroatoms. The van der Waals surface area contributed by atoms with Gasteiger partial charge >= 0.3 is 0 Å². The van der Waals surface area contributed by atoms with E-state index < -0.39 is 0 Å². The van der Waals surface area contributed by atoms with Crippen LogP contribution >= 0.6 is 0 Å². The third-order valence-electron chi connectivity index (χ3n) is 6.18. The zero-order valence-corrected chi connectivity index (χ0v) is 16.8. The van der Waals surface area contributed by atoms with Gasteiger partial charge in [-0.15, -0.1) is 0 Å². The predicted octanol–water partition coefficient (Wildman–Crippen LogP) is 4.34. The van der Waals surface area contributed by atoms with Crippen LogP contribution in [0.5, 0.6) is 0 Å². The van der Waals surface area contributed by atoms with Crippen LogP contribution in [0.25, 0.3) is 11.3 Å². The number of aromatic nitrogens is 2. The van der Waals surface area contributed by atoms with Gasteiger partial charge in [-0.05, 0) is 49.9 Å². The van der Waals surface area contributed by atoms with Gasteiger partial charge in [0, 0.05) is 36.7 Å². The number of nitrogens with zero attached hydrogens (tertiary/aromatic N) is 3. The zero-order valence-electron chi connectivity index (χ0n) is 16.8. The summed E-state index contributed by atoms with van der Waals surface area (Å²) in [4.78, 5) is 23.7. The average Bonchev–Trinajstić information content (AvgIpc) is 3.03. The smallest absolute Gasteiger partial charge is 0.223 e. The van der Waals surface area contributed by atoms with Crippen molar-refractivity contribution in [2.24, 2.45) is 5.92 Å². The molecule has 29 heavy (non-hydrogen) atoms. The molecule has 0 radical (unpaired) electrons. The van der Waals surface area contributed by atoms with Crippen LogP contribution in [-0.2, 0) is 4.79 Å². The molecule has 1 aliphatic carbocycles. The lowest BCUT2D eigenvalue weighted by Crippen LogP contribution is -2.44. The number of rotatable bonds is 4. The number of halogens is 1. The molecule has 154 valence electrons. The van der Waals surface area contributed by atoms with E-state index in [4.69, 9.17) is 0 Å². The molecule has 0 unspecified atom stereocenters. The third-order valence-corrected chi connectivity index (χ3v) is 6.18. The summed E-state index contributed by atoms with van der Waals surface area (Å²) in [7, 11) is 0. The molecule has 0 spiro atoms. The Labute approximate surface area is 171 Å². The molecule has 0 bridgehead atoms. The Balaban J connectivity index is 1.34. The molecule has 0 atom stereocenters. The van der Waals surface area contributed by atoms with Crippen LogP contribution in [0.4, 0.5) is 10.2 Å². The van der Waals surface area contributed by atoms with Crippen molar-refractivity contribution in [1.29, 1.82) is 0 Å². The second kappa shape index (κ2) is 9.33. The molecular formula is C23H29FN4O. The normalized spacial score (nSPS) is 19.0. The van der Waals surface area contributed by atoms with E-state index in [1.54, 1.807) is 18.5 Å². The van der Waals surface area contributed by atoms with Gasteiger partial charge in [-0.3, -0.25) is 4.79 Å². The standard InChI is InChI=1S/C23H29FN4O/c24-19-9-7-17(8-10-19)21-15-22(26-16-25-21)28-13-11-18(12-14-28)23(29)27-20-5-3-1-2-4-6-20/h7-10,15-16,18,20H,1-6,11-14H2,(H,27,29). The van der Waals surface area contributed by atoms with Gasteiger partial charge < -0.3 is 10.2 Å². The summed E-state index contributed by atoms with van der Waals surface area (Å²) >= 11 is 0. The number of nitrogens with one attached hydrogen (secondary N) is 1. The van der Waals surface area contributed by atoms with Crippen LogP contribution in [0.2, 0.25) is 0 Å². The molecular weight excluding hydrogens is 367 g/mol. The van der Waals surface area contributed by atoms with E-state index in [1.165, 1.54) is 37.8 Å². The molecule has 2 aromatic rings. The fourth-order valence-electron chi connectivity index (χ4n) is 4.41. The summed E-state index contributed by atoms with van der Waals surface area (Å²) in [6, 6.07) is 8.64. The highest BCUT2D eigenvalue weighted by Gasteiger charge is 2.27. The van der Waals surface area contributed by atoms with E-state index in [0.29, 0.717) is 6.04 Å². The fraction of sp³-hybridized carbons (Fsp3) is 0.522. The number of hydrogen-bond donors (Lipinski definition) is 1.